The highest BCUT2D eigenvalue weighted by atomic mass is 16.6. The van der Waals surface area contributed by atoms with Gasteiger partial charge in [0.1, 0.15) is 5.69 Å². The van der Waals surface area contributed by atoms with Gasteiger partial charge in [0.05, 0.1) is 4.92 Å². The van der Waals surface area contributed by atoms with Crippen LogP contribution in [0.15, 0.2) is 18.2 Å². The van der Waals surface area contributed by atoms with Gasteiger partial charge in [0.15, 0.2) is 5.78 Å². The molecule has 1 N–H and O–H groups in total. The highest BCUT2D eigenvalue weighted by molar-refractivity contribution is 5.95. The summed E-state index contributed by atoms with van der Waals surface area (Å²) in [6, 6.07) is 4.47. The van der Waals surface area contributed by atoms with E-state index in [0.29, 0.717) is 24.3 Å². The van der Waals surface area contributed by atoms with Crippen molar-refractivity contribution in [1.29, 1.82) is 0 Å². The fourth-order valence-electron chi connectivity index (χ4n) is 3.75. The quantitative estimate of drug-likeness (QED) is 0.503. The van der Waals surface area contributed by atoms with E-state index < -0.39 is 4.92 Å². The number of nitrogens with zero attached hydrogens (tertiary/aromatic N) is 2. The van der Waals surface area contributed by atoms with Gasteiger partial charge < -0.3 is 10.2 Å². The molecule has 3 rings (SSSR count). The Kier molecular flexibility index (Phi) is 5.01. The van der Waals surface area contributed by atoms with Crippen LogP contribution in [-0.4, -0.2) is 40.6 Å². The smallest absolute Gasteiger partial charge is 0.293 e. The van der Waals surface area contributed by atoms with E-state index in [1.807, 2.05) is 4.90 Å². The summed E-state index contributed by atoms with van der Waals surface area (Å²) in [7, 11) is 0. The Hall–Kier alpha value is -2.44. The van der Waals surface area contributed by atoms with E-state index in [9.17, 15) is 19.7 Å². The van der Waals surface area contributed by atoms with Gasteiger partial charge in [-0.25, -0.2) is 0 Å². The molecule has 1 aliphatic heterocycles. The standard InChI is InChI=1S/C18H23N3O4/c1-12(22)14-6-7-16(17(10-14)21(24)25)19-15-8-9-20(11-15)18(23)13-4-2-3-5-13/h6-7,10,13,15,19H,2-5,8-9,11H2,1H3. The molecular weight excluding hydrogens is 322 g/mol. The van der Waals surface area contributed by atoms with Gasteiger partial charge in [0, 0.05) is 36.7 Å². The molecule has 2 fully saturated rings. The molecule has 0 aromatic heterocycles. The number of ketones is 1. The van der Waals surface area contributed by atoms with Crippen LogP contribution in [0.2, 0.25) is 0 Å². The third-order valence-electron chi connectivity index (χ3n) is 5.16. The van der Waals surface area contributed by atoms with Crippen molar-refractivity contribution in [3.05, 3.63) is 33.9 Å². The third kappa shape index (κ3) is 3.81. The number of likely N-dealkylation sites (tertiary alicyclic amines) is 1. The maximum atomic E-state index is 12.5. The van der Waals surface area contributed by atoms with Crippen molar-refractivity contribution in [2.24, 2.45) is 5.92 Å². The first-order valence-corrected chi connectivity index (χ1v) is 8.80. The predicted molar refractivity (Wildman–Crippen MR) is 93.7 cm³/mol. The Morgan fingerprint density at radius 2 is 1.96 bits per heavy atom. The maximum absolute atomic E-state index is 12.5. The van der Waals surface area contributed by atoms with Crippen molar-refractivity contribution in [3.63, 3.8) is 0 Å². The number of carbonyl (C=O) groups excluding carboxylic acids is 2. The Balaban J connectivity index is 1.67. The number of nitrogens with one attached hydrogen (secondary N) is 1. The number of benzene rings is 1. The summed E-state index contributed by atoms with van der Waals surface area (Å²) in [5.74, 6) is 0.176. The van der Waals surface area contributed by atoms with Crippen LogP contribution in [0, 0.1) is 16.0 Å². The van der Waals surface area contributed by atoms with E-state index in [1.54, 1.807) is 12.1 Å². The molecule has 0 spiro atoms. The molecule has 1 saturated carbocycles. The second-order valence-corrected chi connectivity index (χ2v) is 6.94. The van der Waals surface area contributed by atoms with Crippen LogP contribution in [0.4, 0.5) is 11.4 Å². The number of anilines is 1. The number of Topliss-reactive ketones (excluding diaryl/α,β-unsaturated/α-hetero) is 1. The van der Waals surface area contributed by atoms with Crippen LogP contribution in [-0.2, 0) is 4.79 Å². The van der Waals surface area contributed by atoms with Crippen molar-refractivity contribution in [2.75, 3.05) is 18.4 Å². The van der Waals surface area contributed by atoms with Gasteiger partial charge >= 0.3 is 0 Å². The van der Waals surface area contributed by atoms with Crippen molar-refractivity contribution in [1.82, 2.24) is 4.90 Å². The van der Waals surface area contributed by atoms with Crippen LogP contribution in [0.25, 0.3) is 0 Å². The topological polar surface area (TPSA) is 92.6 Å². The zero-order valence-electron chi connectivity index (χ0n) is 14.4. The average Bonchev–Trinajstić information content (AvgIpc) is 3.26. The van der Waals surface area contributed by atoms with Gasteiger partial charge in [-0.3, -0.25) is 19.7 Å². The highest BCUT2D eigenvalue weighted by Crippen LogP contribution is 2.30. The zero-order chi connectivity index (χ0) is 18.0. The Morgan fingerprint density at radius 1 is 1.24 bits per heavy atom. The summed E-state index contributed by atoms with van der Waals surface area (Å²) in [4.78, 5) is 36.6. The molecule has 2 aliphatic rings. The fourth-order valence-corrected chi connectivity index (χ4v) is 3.75. The lowest BCUT2D eigenvalue weighted by Crippen LogP contribution is -2.35. The summed E-state index contributed by atoms with van der Waals surface area (Å²) in [5.41, 5.74) is 0.616. The van der Waals surface area contributed by atoms with Gasteiger partial charge in [-0.1, -0.05) is 12.8 Å². The van der Waals surface area contributed by atoms with E-state index in [1.165, 1.54) is 13.0 Å². The lowest BCUT2D eigenvalue weighted by atomic mass is 10.1. The lowest BCUT2D eigenvalue weighted by molar-refractivity contribution is -0.384. The van der Waals surface area contributed by atoms with Crippen LogP contribution in [0.3, 0.4) is 0 Å². The lowest BCUT2D eigenvalue weighted by Gasteiger charge is -2.21. The number of carbonyl (C=O) groups is 2. The first kappa shape index (κ1) is 17.4. The Morgan fingerprint density at radius 3 is 2.60 bits per heavy atom. The van der Waals surface area contributed by atoms with E-state index in [-0.39, 0.29) is 29.3 Å². The predicted octanol–water partition coefficient (Wildman–Crippen LogP) is 3.00. The molecule has 1 aromatic carbocycles. The molecule has 1 heterocycles. The number of amides is 1. The van der Waals surface area contributed by atoms with Crippen LogP contribution >= 0.6 is 0 Å². The molecule has 1 amide bonds. The monoisotopic (exact) mass is 345 g/mol. The number of hydrogen-bond donors (Lipinski definition) is 1. The summed E-state index contributed by atoms with van der Waals surface area (Å²) in [6.45, 7) is 2.64. The molecule has 1 saturated heterocycles. The summed E-state index contributed by atoms with van der Waals surface area (Å²) in [6.07, 6.45) is 4.97. The molecule has 7 nitrogen and oxygen atoms in total. The molecule has 1 atom stereocenters. The molecular formula is C18H23N3O4. The fraction of sp³-hybridized carbons (Fsp3) is 0.556. The second-order valence-electron chi connectivity index (χ2n) is 6.94. The first-order valence-electron chi connectivity index (χ1n) is 8.80. The van der Waals surface area contributed by atoms with E-state index in [4.69, 9.17) is 0 Å². The molecule has 1 aliphatic carbocycles. The van der Waals surface area contributed by atoms with Gasteiger partial charge in [0.2, 0.25) is 5.91 Å². The maximum Gasteiger partial charge on any atom is 0.293 e. The molecule has 0 radical (unpaired) electrons. The molecule has 1 unspecified atom stereocenters. The SMILES string of the molecule is CC(=O)c1ccc(NC2CCN(C(=O)C3CCCC3)C2)c([N+](=O)[O-])c1. The third-order valence-corrected chi connectivity index (χ3v) is 5.16. The molecule has 0 bridgehead atoms. The zero-order valence-corrected chi connectivity index (χ0v) is 14.4. The van der Waals surface area contributed by atoms with Crippen LogP contribution in [0.5, 0.6) is 0 Å². The van der Waals surface area contributed by atoms with Gasteiger partial charge in [0.25, 0.3) is 5.69 Å². The van der Waals surface area contributed by atoms with Crippen LogP contribution < -0.4 is 5.32 Å². The van der Waals surface area contributed by atoms with Gasteiger partial charge in [-0.2, -0.15) is 0 Å². The highest BCUT2D eigenvalue weighted by Gasteiger charge is 2.32. The average molecular weight is 345 g/mol. The van der Waals surface area contributed by atoms with E-state index in [0.717, 1.165) is 32.1 Å². The van der Waals surface area contributed by atoms with E-state index >= 15 is 0 Å². The minimum atomic E-state index is -0.481. The molecule has 134 valence electrons. The van der Waals surface area contributed by atoms with Crippen molar-refractivity contribution in [3.8, 4) is 0 Å². The van der Waals surface area contributed by atoms with E-state index in [2.05, 4.69) is 5.32 Å². The first-order chi connectivity index (χ1) is 12.0. The number of nitro groups is 1. The van der Waals surface area contributed by atoms with Crippen molar-refractivity contribution in [2.45, 2.75) is 45.1 Å². The molecule has 25 heavy (non-hydrogen) atoms. The number of rotatable bonds is 5. The Bertz CT molecular complexity index is 698. The minimum absolute atomic E-state index is 0.00719. The normalized spacial score (nSPS) is 20.7. The summed E-state index contributed by atoms with van der Waals surface area (Å²) >= 11 is 0. The number of hydrogen-bond acceptors (Lipinski definition) is 5. The van der Waals surface area contributed by atoms with Crippen LogP contribution in [0.1, 0.15) is 49.4 Å². The summed E-state index contributed by atoms with van der Waals surface area (Å²) in [5, 5.41) is 14.5. The Labute approximate surface area is 146 Å². The van der Waals surface area contributed by atoms with Crippen molar-refractivity contribution >= 4 is 23.1 Å². The summed E-state index contributed by atoms with van der Waals surface area (Å²) < 4.78 is 0. The number of nitro benzene ring substituents is 1. The van der Waals surface area contributed by atoms with Crippen molar-refractivity contribution < 1.29 is 14.5 Å². The largest absolute Gasteiger partial charge is 0.375 e. The molecule has 7 heteroatoms. The van der Waals surface area contributed by atoms with Gasteiger partial charge in [-0.05, 0) is 38.3 Å². The minimum Gasteiger partial charge on any atom is -0.375 e. The second kappa shape index (κ2) is 7.21. The molecule has 1 aromatic rings. The van der Waals surface area contributed by atoms with Gasteiger partial charge in [-0.15, -0.1) is 0 Å².